The van der Waals surface area contributed by atoms with E-state index in [2.05, 4.69) is 36.0 Å². The molecule has 5 nitrogen and oxygen atoms in total. The average molecular weight is 323 g/mol. The van der Waals surface area contributed by atoms with Gasteiger partial charge in [0.1, 0.15) is 5.69 Å². The summed E-state index contributed by atoms with van der Waals surface area (Å²) >= 11 is 0. The van der Waals surface area contributed by atoms with Gasteiger partial charge < -0.3 is 5.32 Å². The van der Waals surface area contributed by atoms with Crippen molar-refractivity contribution in [2.75, 3.05) is 31.1 Å². The van der Waals surface area contributed by atoms with Gasteiger partial charge in [-0.2, -0.15) is 0 Å². The first kappa shape index (κ1) is 17.1. The molecule has 1 N–H and O–H groups in total. The standard InChI is InChI=1S/C16H25N3O2S/c1-4-13-5-6-17-14(11-13)15(20)18-12-16(2,3)19-7-9-22(21)10-8-19/h5-6,11H,4,7-10,12H2,1-3H3,(H,18,20). The van der Waals surface area contributed by atoms with E-state index in [-0.39, 0.29) is 11.4 Å². The van der Waals surface area contributed by atoms with Gasteiger partial charge in [0.2, 0.25) is 0 Å². The third kappa shape index (κ3) is 4.36. The lowest BCUT2D eigenvalue weighted by molar-refractivity contribution is 0.0878. The second-order valence-corrected chi connectivity index (χ2v) is 7.93. The molecule has 0 saturated carbocycles. The summed E-state index contributed by atoms with van der Waals surface area (Å²) in [6, 6.07) is 3.76. The van der Waals surface area contributed by atoms with E-state index >= 15 is 0 Å². The quantitative estimate of drug-likeness (QED) is 0.885. The van der Waals surface area contributed by atoms with Gasteiger partial charge in [0, 0.05) is 53.7 Å². The first-order valence-electron chi connectivity index (χ1n) is 7.75. The van der Waals surface area contributed by atoms with Gasteiger partial charge in [-0.25, -0.2) is 0 Å². The Kier molecular flexibility index (Phi) is 5.69. The molecule has 1 amide bonds. The Balaban J connectivity index is 1.93. The van der Waals surface area contributed by atoms with Gasteiger partial charge in [0.05, 0.1) is 0 Å². The monoisotopic (exact) mass is 323 g/mol. The van der Waals surface area contributed by atoms with E-state index in [0.717, 1.165) is 36.6 Å². The molecule has 1 aromatic rings. The third-order valence-electron chi connectivity index (χ3n) is 4.18. The summed E-state index contributed by atoms with van der Waals surface area (Å²) in [5.74, 6) is 1.30. The number of carbonyl (C=O) groups is 1. The second kappa shape index (κ2) is 7.33. The first-order chi connectivity index (χ1) is 10.4. The molecule has 22 heavy (non-hydrogen) atoms. The molecule has 122 valence electrons. The highest BCUT2D eigenvalue weighted by Gasteiger charge is 2.30. The number of amides is 1. The highest BCUT2D eigenvalue weighted by atomic mass is 32.2. The minimum Gasteiger partial charge on any atom is -0.349 e. The lowest BCUT2D eigenvalue weighted by Crippen LogP contribution is -2.55. The highest BCUT2D eigenvalue weighted by Crippen LogP contribution is 2.16. The van der Waals surface area contributed by atoms with E-state index in [0.29, 0.717) is 12.2 Å². The number of hydrogen-bond acceptors (Lipinski definition) is 4. The molecule has 6 heteroatoms. The third-order valence-corrected chi connectivity index (χ3v) is 5.46. The highest BCUT2D eigenvalue weighted by molar-refractivity contribution is 7.85. The molecule has 1 aliphatic rings. The maximum Gasteiger partial charge on any atom is 0.269 e. The molecule has 0 aliphatic carbocycles. The Morgan fingerprint density at radius 1 is 1.41 bits per heavy atom. The maximum atomic E-state index is 12.3. The summed E-state index contributed by atoms with van der Waals surface area (Å²) in [6.07, 6.45) is 2.57. The largest absolute Gasteiger partial charge is 0.349 e. The lowest BCUT2D eigenvalue weighted by atomic mass is 10.0. The van der Waals surface area contributed by atoms with Crippen molar-refractivity contribution in [3.8, 4) is 0 Å². The van der Waals surface area contributed by atoms with Crippen LogP contribution >= 0.6 is 0 Å². The van der Waals surface area contributed by atoms with E-state index < -0.39 is 10.8 Å². The summed E-state index contributed by atoms with van der Waals surface area (Å²) in [5, 5.41) is 2.98. The number of nitrogens with zero attached hydrogens (tertiary/aromatic N) is 2. The van der Waals surface area contributed by atoms with Gasteiger partial charge in [-0.05, 0) is 38.0 Å². The predicted octanol–water partition coefficient (Wildman–Crippen LogP) is 1.22. The van der Waals surface area contributed by atoms with E-state index in [1.165, 1.54) is 0 Å². The van der Waals surface area contributed by atoms with Crippen LogP contribution in [-0.2, 0) is 17.2 Å². The first-order valence-corrected chi connectivity index (χ1v) is 9.24. The number of pyridine rings is 1. The van der Waals surface area contributed by atoms with Crippen LogP contribution in [0.2, 0.25) is 0 Å². The summed E-state index contributed by atoms with van der Waals surface area (Å²) in [4.78, 5) is 18.7. The molecule has 0 spiro atoms. The fraction of sp³-hybridized carbons (Fsp3) is 0.625. The predicted molar refractivity (Wildman–Crippen MR) is 89.5 cm³/mol. The zero-order valence-electron chi connectivity index (χ0n) is 13.6. The van der Waals surface area contributed by atoms with Gasteiger partial charge in [-0.15, -0.1) is 0 Å². The number of nitrogens with one attached hydrogen (secondary N) is 1. The van der Waals surface area contributed by atoms with Gasteiger partial charge in [0.15, 0.2) is 0 Å². The van der Waals surface area contributed by atoms with Crippen molar-refractivity contribution in [1.29, 1.82) is 0 Å². The number of hydrogen-bond donors (Lipinski definition) is 1. The fourth-order valence-electron chi connectivity index (χ4n) is 2.56. The minimum atomic E-state index is -0.681. The van der Waals surface area contributed by atoms with Crippen molar-refractivity contribution in [3.63, 3.8) is 0 Å². The topological polar surface area (TPSA) is 62.3 Å². The van der Waals surface area contributed by atoms with Crippen LogP contribution < -0.4 is 5.32 Å². The summed E-state index contributed by atoms with van der Waals surface area (Å²) in [7, 11) is -0.681. The second-order valence-electron chi connectivity index (χ2n) is 6.23. The molecule has 1 fully saturated rings. The van der Waals surface area contributed by atoms with Crippen molar-refractivity contribution in [3.05, 3.63) is 29.6 Å². The van der Waals surface area contributed by atoms with Gasteiger partial charge in [-0.1, -0.05) is 6.92 Å². The van der Waals surface area contributed by atoms with Gasteiger partial charge in [-0.3, -0.25) is 18.9 Å². The number of rotatable bonds is 5. The Morgan fingerprint density at radius 2 is 2.09 bits per heavy atom. The molecule has 0 aromatic carbocycles. The van der Waals surface area contributed by atoms with Crippen LogP contribution in [0.4, 0.5) is 0 Å². The zero-order valence-corrected chi connectivity index (χ0v) is 14.4. The Morgan fingerprint density at radius 3 is 2.73 bits per heavy atom. The number of carbonyl (C=O) groups excluding carboxylic acids is 1. The normalized spacial score (nSPS) is 17.4. The van der Waals surface area contributed by atoms with E-state index in [4.69, 9.17) is 0 Å². The molecule has 2 heterocycles. The van der Waals surface area contributed by atoms with Crippen molar-refractivity contribution in [1.82, 2.24) is 15.2 Å². The molecule has 2 rings (SSSR count). The summed E-state index contributed by atoms with van der Waals surface area (Å²) < 4.78 is 11.5. The Hall–Kier alpha value is -1.27. The van der Waals surface area contributed by atoms with Crippen molar-refractivity contribution < 1.29 is 9.00 Å². The maximum absolute atomic E-state index is 12.3. The molecule has 0 radical (unpaired) electrons. The number of aryl methyl sites for hydroxylation is 1. The molecular weight excluding hydrogens is 298 g/mol. The lowest BCUT2D eigenvalue weighted by Gasteiger charge is -2.40. The Bertz CT molecular complexity index is 550. The molecule has 1 aromatic heterocycles. The van der Waals surface area contributed by atoms with E-state index in [1.807, 2.05) is 12.1 Å². The van der Waals surface area contributed by atoms with E-state index in [9.17, 15) is 9.00 Å². The van der Waals surface area contributed by atoms with Crippen LogP contribution in [0.1, 0.15) is 36.8 Å². The minimum absolute atomic E-state index is 0.135. The smallest absolute Gasteiger partial charge is 0.269 e. The van der Waals surface area contributed by atoms with E-state index in [1.54, 1.807) is 6.20 Å². The van der Waals surface area contributed by atoms with Crippen LogP contribution in [0.25, 0.3) is 0 Å². The van der Waals surface area contributed by atoms with Gasteiger partial charge in [0.25, 0.3) is 5.91 Å². The molecule has 1 saturated heterocycles. The summed E-state index contributed by atoms with van der Waals surface area (Å²) in [5.41, 5.74) is 1.43. The van der Waals surface area contributed by atoms with Crippen LogP contribution in [-0.4, -0.2) is 56.7 Å². The SMILES string of the molecule is CCc1ccnc(C(=O)NCC(C)(C)N2CCS(=O)CC2)c1. The summed E-state index contributed by atoms with van der Waals surface area (Å²) in [6.45, 7) is 8.46. The number of aromatic nitrogens is 1. The molecule has 0 bridgehead atoms. The van der Waals surface area contributed by atoms with Crippen LogP contribution in [0.3, 0.4) is 0 Å². The van der Waals surface area contributed by atoms with Crippen LogP contribution in [0, 0.1) is 0 Å². The molecule has 0 unspecified atom stereocenters. The molecule has 1 aliphatic heterocycles. The van der Waals surface area contributed by atoms with Crippen LogP contribution in [0.5, 0.6) is 0 Å². The Labute approximate surface area is 135 Å². The average Bonchev–Trinajstić information content (AvgIpc) is 2.53. The van der Waals surface area contributed by atoms with Gasteiger partial charge >= 0.3 is 0 Å². The van der Waals surface area contributed by atoms with Crippen molar-refractivity contribution >= 4 is 16.7 Å². The fourth-order valence-corrected chi connectivity index (χ4v) is 3.61. The van der Waals surface area contributed by atoms with Crippen molar-refractivity contribution in [2.45, 2.75) is 32.7 Å². The van der Waals surface area contributed by atoms with Crippen LogP contribution in [0.15, 0.2) is 18.3 Å². The molecular formula is C16H25N3O2S. The zero-order chi connectivity index (χ0) is 16.2. The van der Waals surface area contributed by atoms with Crippen molar-refractivity contribution in [2.24, 2.45) is 0 Å². The molecule has 0 atom stereocenters.